The normalized spacial score (nSPS) is 27.4. The van der Waals surface area contributed by atoms with Gasteiger partial charge in [0.15, 0.2) is 0 Å². The van der Waals surface area contributed by atoms with Crippen molar-refractivity contribution in [2.75, 3.05) is 6.54 Å². The summed E-state index contributed by atoms with van der Waals surface area (Å²) in [5, 5.41) is 4.23. The predicted octanol–water partition coefficient (Wildman–Crippen LogP) is 2.17. The zero-order chi connectivity index (χ0) is 13.9. The van der Waals surface area contributed by atoms with Crippen LogP contribution in [-0.2, 0) is 17.8 Å². The highest BCUT2D eigenvalue weighted by atomic mass is 16.1. The molecular formula is C15H25N3O. The molecule has 1 heterocycles. The van der Waals surface area contributed by atoms with Crippen molar-refractivity contribution in [3.63, 3.8) is 0 Å². The largest absolute Gasteiger partial charge is 0.329 e. The van der Waals surface area contributed by atoms with E-state index in [4.69, 9.17) is 5.73 Å². The van der Waals surface area contributed by atoms with Gasteiger partial charge in [-0.15, -0.1) is 0 Å². The molecule has 0 atom stereocenters. The first-order valence-electron chi connectivity index (χ1n) is 7.34. The molecule has 4 heteroatoms. The molecule has 1 aliphatic carbocycles. The Morgan fingerprint density at radius 3 is 2.74 bits per heavy atom. The number of carbonyl (C=O) groups excluding carboxylic acids is 1. The molecule has 0 saturated heterocycles. The summed E-state index contributed by atoms with van der Waals surface area (Å²) in [5.41, 5.74) is 6.66. The minimum absolute atomic E-state index is 0.277. The number of aryl methyl sites for hydroxylation is 1. The lowest BCUT2D eigenvalue weighted by molar-refractivity contribution is -0.129. The van der Waals surface area contributed by atoms with Crippen LogP contribution in [0.15, 0.2) is 12.4 Å². The van der Waals surface area contributed by atoms with Gasteiger partial charge in [0.25, 0.3) is 0 Å². The van der Waals surface area contributed by atoms with Crippen LogP contribution in [0.5, 0.6) is 0 Å². The van der Waals surface area contributed by atoms with Crippen LogP contribution in [0.25, 0.3) is 0 Å². The van der Waals surface area contributed by atoms with E-state index in [1.165, 1.54) is 0 Å². The Bertz CT molecular complexity index is 430. The number of ketones is 1. The molecular weight excluding hydrogens is 238 g/mol. The van der Waals surface area contributed by atoms with E-state index in [-0.39, 0.29) is 5.41 Å². The van der Waals surface area contributed by atoms with Crippen LogP contribution < -0.4 is 5.73 Å². The molecule has 1 aliphatic rings. The average molecular weight is 263 g/mol. The van der Waals surface area contributed by atoms with Crippen LogP contribution in [0.4, 0.5) is 0 Å². The smallest absolute Gasteiger partial charge is 0.144 e. The third kappa shape index (κ3) is 3.06. The summed E-state index contributed by atoms with van der Waals surface area (Å²) in [5.74, 6) is 1.04. The molecule has 1 aromatic rings. The Balaban J connectivity index is 2.04. The first-order chi connectivity index (χ1) is 9.09. The Morgan fingerprint density at radius 1 is 1.53 bits per heavy atom. The highest BCUT2D eigenvalue weighted by Crippen LogP contribution is 2.39. The second-order valence-corrected chi connectivity index (χ2v) is 5.97. The molecule has 1 fully saturated rings. The summed E-state index contributed by atoms with van der Waals surface area (Å²) < 4.78 is 1.86. The highest BCUT2D eigenvalue weighted by Gasteiger charge is 2.39. The first kappa shape index (κ1) is 14.3. The number of Topliss-reactive ketones (excluding diaryl/α,β-unsaturated/α-hetero) is 1. The molecule has 1 aromatic heterocycles. The fourth-order valence-electron chi connectivity index (χ4n) is 2.96. The van der Waals surface area contributed by atoms with Crippen molar-refractivity contribution in [2.24, 2.45) is 17.1 Å². The van der Waals surface area contributed by atoms with Gasteiger partial charge >= 0.3 is 0 Å². The molecule has 4 nitrogen and oxygen atoms in total. The van der Waals surface area contributed by atoms with Gasteiger partial charge < -0.3 is 5.73 Å². The fourth-order valence-corrected chi connectivity index (χ4v) is 2.96. The van der Waals surface area contributed by atoms with E-state index in [9.17, 15) is 4.79 Å². The summed E-state index contributed by atoms with van der Waals surface area (Å²) in [6.45, 7) is 5.63. The van der Waals surface area contributed by atoms with E-state index in [0.29, 0.717) is 18.7 Å². The van der Waals surface area contributed by atoms with E-state index in [1.54, 1.807) is 6.20 Å². The molecule has 0 amide bonds. The van der Waals surface area contributed by atoms with Gasteiger partial charge in [0.1, 0.15) is 5.78 Å². The predicted molar refractivity (Wildman–Crippen MR) is 75.7 cm³/mol. The monoisotopic (exact) mass is 263 g/mol. The minimum atomic E-state index is -0.277. The van der Waals surface area contributed by atoms with Crippen LogP contribution in [0.1, 0.15) is 45.1 Å². The van der Waals surface area contributed by atoms with Crippen molar-refractivity contribution >= 4 is 5.78 Å². The maximum atomic E-state index is 12.6. The highest BCUT2D eigenvalue weighted by molar-refractivity contribution is 5.87. The number of hydrogen-bond acceptors (Lipinski definition) is 3. The van der Waals surface area contributed by atoms with Crippen molar-refractivity contribution < 1.29 is 4.79 Å². The van der Waals surface area contributed by atoms with Gasteiger partial charge in [-0.2, -0.15) is 5.10 Å². The molecule has 0 radical (unpaired) electrons. The molecule has 0 aromatic carbocycles. The van der Waals surface area contributed by atoms with Crippen molar-refractivity contribution in [3.8, 4) is 0 Å². The van der Waals surface area contributed by atoms with Crippen molar-refractivity contribution in [1.82, 2.24) is 9.78 Å². The van der Waals surface area contributed by atoms with Crippen molar-refractivity contribution in [3.05, 3.63) is 18.0 Å². The van der Waals surface area contributed by atoms with Crippen LogP contribution in [-0.4, -0.2) is 22.1 Å². The van der Waals surface area contributed by atoms with Gasteiger partial charge in [-0.25, -0.2) is 0 Å². The summed E-state index contributed by atoms with van der Waals surface area (Å²) in [7, 11) is 0. The lowest BCUT2D eigenvalue weighted by Crippen LogP contribution is -2.42. The average Bonchev–Trinajstić information content (AvgIpc) is 2.87. The number of nitrogens with zero attached hydrogens (tertiary/aromatic N) is 2. The molecule has 1 saturated carbocycles. The number of aromatic nitrogens is 2. The molecule has 0 bridgehead atoms. The van der Waals surface area contributed by atoms with Crippen LogP contribution in [0.2, 0.25) is 0 Å². The summed E-state index contributed by atoms with van der Waals surface area (Å²) in [4.78, 5) is 12.6. The first-order valence-corrected chi connectivity index (χ1v) is 7.34. The topological polar surface area (TPSA) is 60.9 Å². The lowest BCUT2D eigenvalue weighted by atomic mass is 9.67. The van der Waals surface area contributed by atoms with Gasteiger partial charge in [0.2, 0.25) is 0 Å². The van der Waals surface area contributed by atoms with Gasteiger partial charge in [-0.1, -0.05) is 6.92 Å². The summed E-state index contributed by atoms with van der Waals surface area (Å²) >= 11 is 0. The Hall–Kier alpha value is -1.16. The third-order valence-electron chi connectivity index (χ3n) is 4.59. The Kier molecular flexibility index (Phi) is 4.40. The maximum Gasteiger partial charge on any atom is 0.144 e. The molecule has 0 spiro atoms. The van der Waals surface area contributed by atoms with Crippen LogP contribution in [0.3, 0.4) is 0 Å². The third-order valence-corrected chi connectivity index (χ3v) is 4.59. The number of rotatable bonds is 5. The molecule has 0 aliphatic heterocycles. The van der Waals surface area contributed by atoms with E-state index in [1.807, 2.05) is 17.8 Å². The molecule has 19 heavy (non-hydrogen) atoms. The van der Waals surface area contributed by atoms with Gasteiger partial charge in [0.05, 0.1) is 6.20 Å². The van der Waals surface area contributed by atoms with E-state index >= 15 is 0 Å². The molecule has 0 unspecified atom stereocenters. The van der Waals surface area contributed by atoms with Gasteiger partial charge in [0, 0.05) is 31.1 Å². The lowest BCUT2D eigenvalue weighted by Gasteiger charge is -2.37. The number of nitrogens with two attached hydrogens (primary N) is 1. The van der Waals surface area contributed by atoms with Gasteiger partial charge in [-0.05, 0) is 44.1 Å². The molecule has 2 N–H and O–H groups in total. The van der Waals surface area contributed by atoms with Crippen molar-refractivity contribution in [2.45, 2.75) is 52.5 Å². The quantitative estimate of drug-likeness (QED) is 0.885. The van der Waals surface area contributed by atoms with Crippen LogP contribution in [0, 0.1) is 11.3 Å². The maximum absolute atomic E-state index is 12.6. The second-order valence-electron chi connectivity index (χ2n) is 5.97. The molecule has 2 rings (SSSR count). The zero-order valence-electron chi connectivity index (χ0n) is 12.1. The second kappa shape index (κ2) is 5.87. The standard InChI is InChI=1S/C15H25N3O/c1-3-18-10-13(9-17-18)8-14(19)15(11-16)6-4-12(2)5-7-15/h9-10,12H,3-8,11,16H2,1-2H3. The minimum Gasteiger partial charge on any atom is -0.329 e. The van der Waals surface area contributed by atoms with Gasteiger partial charge in [-0.3, -0.25) is 9.48 Å². The fraction of sp³-hybridized carbons (Fsp3) is 0.733. The van der Waals surface area contributed by atoms with E-state index in [2.05, 4.69) is 12.0 Å². The van der Waals surface area contributed by atoms with Crippen molar-refractivity contribution in [1.29, 1.82) is 0 Å². The number of carbonyl (C=O) groups is 1. The zero-order valence-corrected chi connectivity index (χ0v) is 12.1. The molecule has 106 valence electrons. The number of hydrogen-bond donors (Lipinski definition) is 1. The summed E-state index contributed by atoms with van der Waals surface area (Å²) in [6, 6.07) is 0. The summed E-state index contributed by atoms with van der Waals surface area (Å²) in [6.07, 6.45) is 8.39. The van der Waals surface area contributed by atoms with E-state index < -0.39 is 0 Å². The Morgan fingerprint density at radius 2 is 2.21 bits per heavy atom. The SMILES string of the molecule is CCn1cc(CC(=O)C2(CN)CCC(C)CC2)cn1. The van der Waals surface area contributed by atoms with Crippen LogP contribution >= 0.6 is 0 Å². The Labute approximate surface area is 115 Å². The van der Waals surface area contributed by atoms with E-state index in [0.717, 1.165) is 43.7 Å².